The van der Waals surface area contributed by atoms with Gasteiger partial charge in [0.25, 0.3) is 5.91 Å². The van der Waals surface area contributed by atoms with E-state index in [2.05, 4.69) is 5.32 Å². The van der Waals surface area contributed by atoms with Crippen LogP contribution in [0.3, 0.4) is 0 Å². The van der Waals surface area contributed by atoms with Gasteiger partial charge < -0.3 is 19.7 Å². The van der Waals surface area contributed by atoms with Crippen LogP contribution in [0.25, 0.3) is 0 Å². The second-order valence-electron chi connectivity index (χ2n) is 6.19. The molecule has 3 rings (SSSR count). The van der Waals surface area contributed by atoms with Crippen LogP contribution in [-0.2, 0) is 4.79 Å². The van der Waals surface area contributed by atoms with Gasteiger partial charge in [-0.3, -0.25) is 9.59 Å². The fourth-order valence-corrected chi connectivity index (χ4v) is 3.27. The summed E-state index contributed by atoms with van der Waals surface area (Å²) in [6, 6.07) is 10.1. The highest BCUT2D eigenvalue weighted by atomic mass is 35.5. The van der Waals surface area contributed by atoms with E-state index in [4.69, 9.17) is 21.1 Å². The van der Waals surface area contributed by atoms with E-state index >= 15 is 0 Å². The molecular formula is C20H21ClN2O4. The summed E-state index contributed by atoms with van der Waals surface area (Å²) < 4.78 is 10.6. The van der Waals surface area contributed by atoms with Gasteiger partial charge in [0.15, 0.2) is 0 Å². The number of carbonyl (C=O) groups excluding carboxylic acids is 2. The number of hydrogen-bond donors (Lipinski definition) is 1. The topological polar surface area (TPSA) is 67.9 Å². The number of halogens is 1. The van der Waals surface area contributed by atoms with Crippen LogP contribution in [0.15, 0.2) is 36.4 Å². The Balaban J connectivity index is 1.89. The predicted octanol–water partition coefficient (Wildman–Crippen LogP) is 4.13. The Bertz CT molecular complexity index is 869. The molecule has 0 aliphatic carbocycles. The van der Waals surface area contributed by atoms with Crippen LogP contribution >= 0.6 is 11.6 Å². The molecule has 7 heteroatoms. The van der Waals surface area contributed by atoms with Gasteiger partial charge in [-0.2, -0.15) is 0 Å². The Morgan fingerprint density at radius 2 is 1.81 bits per heavy atom. The molecule has 2 amide bonds. The minimum Gasteiger partial charge on any atom is -0.496 e. The monoisotopic (exact) mass is 388 g/mol. The molecule has 1 aliphatic rings. The molecule has 1 saturated heterocycles. The van der Waals surface area contributed by atoms with Crippen LogP contribution in [0.2, 0.25) is 5.02 Å². The van der Waals surface area contributed by atoms with Crippen LogP contribution in [-0.4, -0.2) is 32.6 Å². The lowest BCUT2D eigenvalue weighted by Gasteiger charge is -2.28. The smallest absolute Gasteiger partial charge is 0.259 e. The van der Waals surface area contributed by atoms with Crippen LogP contribution in [0, 0.1) is 0 Å². The predicted molar refractivity (Wildman–Crippen MR) is 105 cm³/mol. The number of amides is 2. The number of methoxy groups -OCH3 is 2. The first-order valence-electron chi connectivity index (χ1n) is 8.67. The van der Waals surface area contributed by atoms with E-state index in [1.165, 1.54) is 7.11 Å². The zero-order chi connectivity index (χ0) is 19.4. The van der Waals surface area contributed by atoms with E-state index in [1.807, 2.05) is 0 Å². The summed E-state index contributed by atoms with van der Waals surface area (Å²) in [4.78, 5) is 26.7. The van der Waals surface area contributed by atoms with Crippen molar-refractivity contribution < 1.29 is 19.1 Å². The fraction of sp³-hybridized carbons (Fsp3) is 0.300. The second-order valence-corrected chi connectivity index (χ2v) is 6.62. The molecule has 2 aromatic rings. The summed E-state index contributed by atoms with van der Waals surface area (Å²) in [6.45, 7) is 0.634. The Morgan fingerprint density at radius 1 is 1.07 bits per heavy atom. The van der Waals surface area contributed by atoms with E-state index in [9.17, 15) is 9.59 Å². The number of carbonyl (C=O) groups is 2. The van der Waals surface area contributed by atoms with E-state index in [0.29, 0.717) is 46.4 Å². The second kappa shape index (κ2) is 8.31. The Labute approximate surface area is 163 Å². The Hall–Kier alpha value is -2.73. The molecule has 1 fully saturated rings. The third-order valence-corrected chi connectivity index (χ3v) is 4.69. The maximum absolute atomic E-state index is 12.7. The average Bonchev–Trinajstić information content (AvgIpc) is 2.68. The third-order valence-electron chi connectivity index (χ3n) is 4.46. The number of nitrogens with zero attached hydrogens (tertiary/aromatic N) is 1. The van der Waals surface area contributed by atoms with Gasteiger partial charge in [-0.15, -0.1) is 0 Å². The first-order valence-corrected chi connectivity index (χ1v) is 9.04. The molecule has 1 N–H and O–H groups in total. The molecular weight excluding hydrogens is 368 g/mol. The van der Waals surface area contributed by atoms with E-state index in [-0.39, 0.29) is 11.8 Å². The van der Waals surface area contributed by atoms with Gasteiger partial charge in [0, 0.05) is 23.7 Å². The highest BCUT2D eigenvalue weighted by molar-refractivity contribution is 6.31. The SMILES string of the molecule is COc1ccc(Cl)cc1C(=O)Nc1ccc(OC)c(N2CCCCC2=O)c1. The summed E-state index contributed by atoms with van der Waals surface area (Å²) >= 11 is 6.01. The highest BCUT2D eigenvalue weighted by Gasteiger charge is 2.23. The van der Waals surface area contributed by atoms with E-state index < -0.39 is 0 Å². The lowest BCUT2D eigenvalue weighted by Crippen LogP contribution is -2.35. The summed E-state index contributed by atoms with van der Waals surface area (Å²) in [6.07, 6.45) is 2.34. The largest absolute Gasteiger partial charge is 0.496 e. The van der Waals surface area contributed by atoms with E-state index in [1.54, 1.807) is 48.4 Å². The van der Waals surface area contributed by atoms with Crippen molar-refractivity contribution in [1.29, 1.82) is 0 Å². The Kier molecular flexibility index (Phi) is 5.86. The maximum Gasteiger partial charge on any atom is 0.259 e. The minimum atomic E-state index is -0.351. The Morgan fingerprint density at radius 3 is 2.52 bits per heavy atom. The number of nitrogens with one attached hydrogen (secondary N) is 1. The number of benzene rings is 2. The summed E-state index contributed by atoms with van der Waals surface area (Å²) in [5.74, 6) is 0.718. The molecule has 2 aromatic carbocycles. The molecule has 0 saturated carbocycles. The molecule has 1 heterocycles. The van der Waals surface area contributed by atoms with E-state index in [0.717, 1.165) is 12.8 Å². The first-order chi connectivity index (χ1) is 13.0. The standard InChI is InChI=1S/C20H21ClN2O4/c1-26-17-8-6-13(21)11-15(17)20(25)22-14-7-9-18(27-2)16(12-14)23-10-4-3-5-19(23)24/h6-9,11-12H,3-5,10H2,1-2H3,(H,22,25). The van der Waals surface area contributed by atoms with Crippen molar-refractivity contribution in [3.05, 3.63) is 47.0 Å². The van der Waals surface area contributed by atoms with Gasteiger partial charge in [0.1, 0.15) is 11.5 Å². The van der Waals surface area contributed by atoms with Gasteiger partial charge in [0.05, 0.1) is 25.5 Å². The highest BCUT2D eigenvalue weighted by Crippen LogP contribution is 2.34. The van der Waals surface area contributed by atoms with Gasteiger partial charge in [-0.05, 0) is 49.2 Å². The number of rotatable bonds is 5. The lowest BCUT2D eigenvalue weighted by molar-refractivity contribution is -0.119. The van der Waals surface area contributed by atoms with Gasteiger partial charge >= 0.3 is 0 Å². The quantitative estimate of drug-likeness (QED) is 0.836. The molecule has 142 valence electrons. The van der Waals surface area contributed by atoms with Crippen molar-refractivity contribution in [2.75, 3.05) is 31.0 Å². The van der Waals surface area contributed by atoms with Crippen molar-refractivity contribution in [2.45, 2.75) is 19.3 Å². The number of hydrogen-bond acceptors (Lipinski definition) is 4. The van der Waals surface area contributed by atoms with Crippen molar-refractivity contribution in [2.24, 2.45) is 0 Å². The van der Waals surface area contributed by atoms with Crippen molar-refractivity contribution in [3.63, 3.8) is 0 Å². The lowest BCUT2D eigenvalue weighted by atomic mass is 10.1. The zero-order valence-corrected chi connectivity index (χ0v) is 16.0. The van der Waals surface area contributed by atoms with Crippen LogP contribution in [0.1, 0.15) is 29.6 Å². The molecule has 0 bridgehead atoms. The molecule has 0 spiro atoms. The van der Waals surface area contributed by atoms with Crippen molar-refractivity contribution in [3.8, 4) is 11.5 Å². The van der Waals surface area contributed by atoms with Gasteiger partial charge in [-0.25, -0.2) is 0 Å². The number of ether oxygens (including phenoxy) is 2. The average molecular weight is 389 g/mol. The molecule has 0 atom stereocenters. The molecule has 1 aliphatic heterocycles. The third kappa shape index (κ3) is 4.17. The van der Waals surface area contributed by atoms with Crippen molar-refractivity contribution in [1.82, 2.24) is 0 Å². The summed E-state index contributed by atoms with van der Waals surface area (Å²) in [5.41, 5.74) is 1.53. The van der Waals surface area contributed by atoms with Gasteiger partial charge in [0.2, 0.25) is 5.91 Å². The molecule has 27 heavy (non-hydrogen) atoms. The summed E-state index contributed by atoms with van der Waals surface area (Å²) in [5, 5.41) is 3.27. The number of anilines is 2. The summed E-state index contributed by atoms with van der Waals surface area (Å²) in [7, 11) is 3.05. The number of piperidine rings is 1. The van der Waals surface area contributed by atoms with Gasteiger partial charge in [-0.1, -0.05) is 11.6 Å². The van der Waals surface area contributed by atoms with Crippen LogP contribution in [0.5, 0.6) is 11.5 Å². The molecule has 0 radical (unpaired) electrons. The van der Waals surface area contributed by atoms with Crippen LogP contribution in [0.4, 0.5) is 11.4 Å². The minimum absolute atomic E-state index is 0.0551. The fourth-order valence-electron chi connectivity index (χ4n) is 3.10. The maximum atomic E-state index is 12.7. The molecule has 0 unspecified atom stereocenters. The molecule has 0 aromatic heterocycles. The zero-order valence-electron chi connectivity index (χ0n) is 15.3. The van der Waals surface area contributed by atoms with Crippen LogP contribution < -0.4 is 19.7 Å². The van der Waals surface area contributed by atoms with Crippen molar-refractivity contribution >= 4 is 34.8 Å². The normalized spacial score (nSPS) is 14.0. The first kappa shape index (κ1) is 19.0. The molecule has 6 nitrogen and oxygen atoms in total.